The van der Waals surface area contributed by atoms with Crippen LogP contribution in [0, 0.1) is 0 Å². The topological polar surface area (TPSA) is 94.4 Å². The average Bonchev–Trinajstić information content (AvgIpc) is 3.05. The van der Waals surface area contributed by atoms with Gasteiger partial charge < -0.3 is 14.8 Å². The van der Waals surface area contributed by atoms with Gasteiger partial charge >= 0.3 is 0 Å². The van der Waals surface area contributed by atoms with Gasteiger partial charge in [0.15, 0.2) is 0 Å². The zero-order valence-corrected chi connectivity index (χ0v) is 14.5. The van der Waals surface area contributed by atoms with Gasteiger partial charge in [0, 0.05) is 26.3 Å². The zero-order valence-electron chi connectivity index (χ0n) is 14.5. The summed E-state index contributed by atoms with van der Waals surface area (Å²) in [5.74, 6) is -0.0129. The Labute approximate surface area is 146 Å². The van der Waals surface area contributed by atoms with Gasteiger partial charge in [-0.25, -0.2) is 4.98 Å². The maximum absolute atomic E-state index is 12.3. The molecule has 3 heterocycles. The number of aryl methyl sites for hydroxylation is 1. The van der Waals surface area contributed by atoms with Crippen LogP contribution in [0.25, 0.3) is 0 Å². The Morgan fingerprint density at radius 3 is 3.00 bits per heavy atom. The molecule has 1 aliphatic heterocycles. The summed E-state index contributed by atoms with van der Waals surface area (Å²) in [5.41, 5.74) is 1.25. The number of amides is 1. The third kappa shape index (κ3) is 3.77. The Bertz CT molecular complexity index is 734. The number of nitrogens with one attached hydrogen (secondary N) is 1. The third-order valence-electron chi connectivity index (χ3n) is 4.28. The highest BCUT2D eigenvalue weighted by Gasteiger charge is 2.33. The van der Waals surface area contributed by atoms with Crippen molar-refractivity contribution in [3.8, 4) is 5.88 Å². The Kier molecular flexibility index (Phi) is 5.25. The van der Waals surface area contributed by atoms with Crippen LogP contribution in [0.5, 0.6) is 5.88 Å². The van der Waals surface area contributed by atoms with Gasteiger partial charge in [0.05, 0.1) is 44.0 Å². The van der Waals surface area contributed by atoms with Gasteiger partial charge in [-0.15, -0.1) is 0 Å². The predicted molar refractivity (Wildman–Crippen MR) is 89.2 cm³/mol. The Hall–Kier alpha value is -2.52. The number of nitrogens with zero attached hydrogens (tertiary/aromatic N) is 5. The molecule has 2 atom stereocenters. The summed E-state index contributed by atoms with van der Waals surface area (Å²) < 4.78 is 12.7. The van der Waals surface area contributed by atoms with Crippen LogP contribution in [0.4, 0.5) is 0 Å². The molecule has 9 nitrogen and oxygen atoms in total. The van der Waals surface area contributed by atoms with Gasteiger partial charge in [0.1, 0.15) is 5.69 Å². The van der Waals surface area contributed by atoms with Crippen LogP contribution in [0.2, 0.25) is 0 Å². The molecule has 0 aliphatic carbocycles. The van der Waals surface area contributed by atoms with Crippen molar-refractivity contribution in [1.82, 2.24) is 30.0 Å². The fourth-order valence-electron chi connectivity index (χ4n) is 2.96. The summed E-state index contributed by atoms with van der Waals surface area (Å²) in [5, 5.41) is 7.11. The van der Waals surface area contributed by atoms with Gasteiger partial charge in [0.25, 0.3) is 5.91 Å². The van der Waals surface area contributed by atoms with E-state index in [2.05, 4.69) is 25.3 Å². The molecule has 3 rings (SSSR count). The van der Waals surface area contributed by atoms with Gasteiger partial charge in [0.2, 0.25) is 5.88 Å². The van der Waals surface area contributed by atoms with Crippen LogP contribution in [0.1, 0.15) is 22.2 Å². The van der Waals surface area contributed by atoms with E-state index in [9.17, 15) is 4.79 Å². The summed E-state index contributed by atoms with van der Waals surface area (Å²) in [7, 11) is 5.43. The molecule has 2 aromatic rings. The minimum atomic E-state index is -0.313. The van der Waals surface area contributed by atoms with Crippen molar-refractivity contribution in [3.05, 3.63) is 36.0 Å². The summed E-state index contributed by atoms with van der Waals surface area (Å²) >= 11 is 0. The number of likely N-dealkylation sites (N-methyl/N-ethyl adjacent to an activating group) is 1. The summed E-state index contributed by atoms with van der Waals surface area (Å²) in [6.07, 6.45) is 4.44. The molecule has 1 N–H and O–H groups in total. The van der Waals surface area contributed by atoms with E-state index in [1.54, 1.807) is 6.20 Å². The monoisotopic (exact) mass is 346 g/mol. The number of aromatic nitrogens is 4. The second-order valence-electron chi connectivity index (χ2n) is 5.87. The lowest BCUT2D eigenvalue weighted by molar-refractivity contribution is -0.0629. The molecule has 0 saturated carbocycles. The fraction of sp³-hybridized carbons (Fsp3) is 0.500. The average molecular weight is 346 g/mol. The van der Waals surface area contributed by atoms with E-state index in [1.165, 1.54) is 19.5 Å². The van der Waals surface area contributed by atoms with E-state index >= 15 is 0 Å². The molecule has 25 heavy (non-hydrogen) atoms. The lowest BCUT2D eigenvalue weighted by Gasteiger charge is -2.39. The largest absolute Gasteiger partial charge is 0.480 e. The van der Waals surface area contributed by atoms with Crippen molar-refractivity contribution in [2.75, 3.05) is 33.9 Å². The van der Waals surface area contributed by atoms with Crippen molar-refractivity contribution in [3.63, 3.8) is 0 Å². The molecular formula is C16H22N6O3. The molecular weight excluding hydrogens is 324 g/mol. The number of hydrogen-bond acceptors (Lipinski definition) is 7. The molecule has 2 aromatic heterocycles. The number of methoxy groups -OCH3 is 1. The normalized spacial score (nSPS) is 21.1. The predicted octanol–water partition coefficient (Wildman–Crippen LogP) is 0.0204. The Morgan fingerprint density at radius 1 is 1.44 bits per heavy atom. The van der Waals surface area contributed by atoms with Crippen LogP contribution >= 0.6 is 0 Å². The van der Waals surface area contributed by atoms with Crippen molar-refractivity contribution in [1.29, 1.82) is 0 Å². The molecule has 134 valence electrons. The summed E-state index contributed by atoms with van der Waals surface area (Å²) in [4.78, 5) is 22.6. The van der Waals surface area contributed by atoms with Gasteiger partial charge in [-0.05, 0) is 13.1 Å². The first-order chi connectivity index (χ1) is 12.1. The van der Waals surface area contributed by atoms with Crippen LogP contribution < -0.4 is 10.1 Å². The first-order valence-corrected chi connectivity index (χ1v) is 8.04. The van der Waals surface area contributed by atoms with E-state index in [0.29, 0.717) is 19.0 Å². The number of hydrogen-bond donors (Lipinski definition) is 1. The summed E-state index contributed by atoms with van der Waals surface area (Å²) in [6, 6.07) is 1.98. The van der Waals surface area contributed by atoms with Crippen LogP contribution in [0.15, 0.2) is 24.7 Å². The standard InChI is InChI=1S/C16H22N6O3/c1-21-6-7-25-13(15(21)12-4-5-19-22(12)2)9-18-16(23)11-8-17-10-14(20-11)24-3/h4-5,8,10,13,15H,6-7,9H2,1-3H3,(H,18,23)/t13-,15-/m0/s1. The van der Waals surface area contributed by atoms with Gasteiger partial charge in [-0.3, -0.25) is 19.4 Å². The minimum Gasteiger partial charge on any atom is -0.480 e. The number of rotatable bonds is 5. The smallest absolute Gasteiger partial charge is 0.271 e. The van der Waals surface area contributed by atoms with Gasteiger partial charge in [-0.1, -0.05) is 0 Å². The Balaban J connectivity index is 1.69. The van der Waals surface area contributed by atoms with E-state index in [-0.39, 0.29) is 23.7 Å². The summed E-state index contributed by atoms with van der Waals surface area (Å²) in [6.45, 7) is 1.80. The second kappa shape index (κ2) is 7.58. The molecule has 0 unspecified atom stereocenters. The minimum absolute atomic E-state index is 0.0120. The first-order valence-electron chi connectivity index (χ1n) is 8.04. The maximum atomic E-state index is 12.3. The SMILES string of the molecule is COc1cncc(C(=O)NC[C@@H]2OCCN(C)[C@H]2c2ccnn2C)n1. The Morgan fingerprint density at radius 2 is 2.28 bits per heavy atom. The van der Waals surface area contributed by atoms with Crippen molar-refractivity contribution >= 4 is 5.91 Å². The molecule has 9 heteroatoms. The molecule has 0 aromatic carbocycles. The molecule has 0 radical (unpaired) electrons. The van der Waals surface area contributed by atoms with Crippen molar-refractivity contribution < 1.29 is 14.3 Å². The number of ether oxygens (including phenoxy) is 2. The second-order valence-corrected chi connectivity index (χ2v) is 5.87. The number of carbonyl (C=O) groups excluding carboxylic acids is 1. The fourth-order valence-corrected chi connectivity index (χ4v) is 2.96. The van der Waals surface area contributed by atoms with E-state index in [4.69, 9.17) is 9.47 Å². The van der Waals surface area contributed by atoms with Crippen LogP contribution in [-0.2, 0) is 11.8 Å². The first kappa shape index (κ1) is 17.3. The zero-order chi connectivity index (χ0) is 17.8. The lowest BCUT2D eigenvalue weighted by atomic mass is 10.0. The van der Waals surface area contributed by atoms with Crippen molar-refractivity contribution in [2.45, 2.75) is 12.1 Å². The molecule has 1 saturated heterocycles. The quantitative estimate of drug-likeness (QED) is 0.815. The molecule has 1 fully saturated rings. The number of carbonyl (C=O) groups is 1. The highest BCUT2D eigenvalue weighted by atomic mass is 16.5. The number of morpholine rings is 1. The van der Waals surface area contributed by atoms with Crippen LogP contribution in [-0.4, -0.2) is 70.5 Å². The third-order valence-corrected chi connectivity index (χ3v) is 4.28. The van der Waals surface area contributed by atoms with E-state index in [1.807, 2.05) is 24.8 Å². The highest BCUT2D eigenvalue weighted by molar-refractivity contribution is 5.92. The van der Waals surface area contributed by atoms with E-state index < -0.39 is 0 Å². The van der Waals surface area contributed by atoms with Crippen molar-refractivity contribution in [2.24, 2.45) is 7.05 Å². The molecule has 1 amide bonds. The van der Waals surface area contributed by atoms with Crippen LogP contribution in [0.3, 0.4) is 0 Å². The molecule has 0 bridgehead atoms. The highest BCUT2D eigenvalue weighted by Crippen LogP contribution is 2.27. The maximum Gasteiger partial charge on any atom is 0.271 e. The van der Waals surface area contributed by atoms with E-state index in [0.717, 1.165) is 12.2 Å². The lowest BCUT2D eigenvalue weighted by Crippen LogP contribution is -2.49. The molecule has 0 spiro atoms. The van der Waals surface area contributed by atoms with Gasteiger partial charge in [-0.2, -0.15) is 5.10 Å². The molecule has 1 aliphatic rings.